The van der Waals surface area contributed by atoms with E-state index in [1.165, 1.54) is 6.07 Å². The van der Waals surface area contributed by atoms with Gasteiger partial charge in [0.05, 0.1) is 23.7 Å². The van der Waals surface area contributed by atoms with E-state index in [1.807, 2.05) is 0 Å². The number of carboxylic acids is 1. The van der Waals surface area contributed by atoms with E-state index in [9.17, 15) is 27.9 Å². The largest absolute Gasteiger partial charge is 0.493 e. The maximum absolute atomic E-state index is 13.0. The molecule has 1 unspecified atom stereocenters. The first-order chi connectivity index (χ1) is 14.1. The van der Waals surface area contributed by atoms with Crippen LogP contribution in [0.25, 0.3) is 5.69 Å². The van der Waals surface area contributed by atoms with Gasteiger partial charge in [0, 0.05) is 6.07 Å². The lowest BCUT2D eigenvalue weighted by Crippen LogP contribution is -2.30. The van der Waals surface area contributed by atoms with Crippen molar-refractivity contribution in [2.75, 3.05) is 0 Å². The van der Waals surface area contributed by atoms with Crippen molar-refractivity contribution in [2.45, 2.75) is 18.6 Å². The van der Waals surface area contributed by atoms with Crippen LogP contribution in [0.4, 0.5) is 13.2 Å². The first-order valence-electron chi connectivity index (χ1n) is 8.69. The highest BCUT2D eigenvalue weighted by atomic mass is 19.4. The number of hydrogen-bond acceptors (Lipinski definition) is 4. The number of halogens is 3. The second-order valence-corrected chi connectivity index (χ2v) is 6.38. The summed E-state index contributed by atoms with van der Waals surface area (Å²) in [4.78, 5) is 23.8. The van der Waals surface area contributed by atoms with Crippen molar-refractivity contribution in [1.82, 2.24) is 15.1 Å². The zero-order valence-corrected chi connectivity index (χ0v) is 15.3. The van der Waals surface area contributed by atoms with Crippen LogP contribution in [0.15, 0.2) is 60.7 Å². The fraction of sp³-hybridized carbons (Fsp3) is 0.150. The molecule has 1 heterocycles. The van der Waals surface area contributed by atoms with Crippen LogP contribution >= 0.6 is 0 Å². The number of aromatic hydroxyl groups is 1. The van der Waals surface area contributed by atoms with Crippen molar-refractivity contribution in [1.29, 1.82) is 0 Å². The number of nitrogens with zero attached hydrogens (tertiary/aromatic N) is 2. The number of carbonyl (C=O) groups excluding carboxylic acids is 1. The Hall–Kier alpha value is -3.82. The molecule has 0 aliphatic carbocycles. The van der Waals surface area contributed by atoms with Gasteiger partial charge in [-0.25, -0.2) is 4.68 Å². The Morgan fingerprint density at radius 2 is 1.77 bits per heavy atom. The predicted octanol–water partition coefficient (Wildman–Crippen LogP) is 3.54. The van der Waals surface area contributed by atoms with Crippen LogP contribution in [0.1, 0.15) is 34.1 Å². The number of alkyl halides is 3. The number of carbonyl (C=O) groups is 2. The minimum atomic E-state index is -4.62. The second-order valence-electron chi connectivity index (χ2n) is 6.38. The molecule has 2 aromatic carbocycles. The van der Waals surface area contributed by atoms with Crippen LogP contribution in [0.3, 0.4) is 0 Å². The number of aromatic nitrogens is 2. The Morgan fingerprint density at radius 1 is 1.07 bits per heavy atom. The molecule has 156 valence electrons. The third kappa shape index (κ3) is 4.77. The lowest BCUT2D eigenvalue weighted by molar-refractivity contribution is -0.138. The van der Waals surface area contributed by atoms with Crippen molar-refractivity contribution in [2.24, 2.45) is 0 Å². The Labute approximate surface area is 168 Å². The average molecular weight is 419 g/mol. The van der Waals surface area contributed by atoms with Gasteiger partial charge in [-0.1, -0.05) is 30.3 Å². The Bertz CT molecular complexity index is 1060. The molecule has 3 rings (SSSR count). The van der Waals surface area contributed by atoms with Gasteiger partial charge in [0.25, 0.3) is 5.91 Å². The molecule has 30 heavy (non-hydrogen) atoms. The van der Waals surface area contributed by atoms with E-state index in [0.717, 1.165) is 28.9 Å². The summed E-state index contributed by atoms with van der Waals surface area (Å²) >= 11 is 0. The number of nitrogens with one attached hydrogen (secondary N) is 1. The number of benzene rings is 2. The maximum Gasteiger partial charge on any atom is 0.416 e. The van der Waals surface area contributed by atoms with Gasteiger partial charge in [-0.15, -0.1) is 0 Å². The molecule has 0 bridgehead atoms. The van der Waals surface area contributed by atoms with E-state index < -0.39 is 36.1 Å². The Morgan fingerprint density at radius 3 is 2.40 bits per heavy atom. The molecule has 0 saturated heterocycles. The molecule has 0 aliphatic rings. The summed E-state index contributed by atoms with van der Waals surface area (Å²) in [5.74, 6) is -2.49. The van der Waals surface area contributed by atoms with Gasteiger partial charge in [-0.05, 0) is 29.8 Å². The summed E-state index contributed by atoms with van der Waals surface area (Å²) in [5, 5.41) is 25.5. The molecular formula is C20H16F3N3O4. The van der Waals surface area contributed by atoms with Gasteiger partial charge in [0.15, 0.2) is 5.69 Å². The van der Waals surface area contributed by atoms with E-state index in [4.69, 9.17) is 5.11 Å². The van der Waals surface area contributed by atoms with Gasteiger partial charge < -0.3 is 15.5 Å². The van der Waals surface area contributed by atoms with Crippen LogP contribution in [0, 0.1) is 0 Å². The zero-order valence-electron chi connectivity index (χ0n) is 15.3. The lowest BCUT2D eigenvalue weighted by atomic mass is 10.0. The van der Waals surface area contributed by atoms with Crippen molar-refractivity contribution in [3.8, 4) is 11.6 Å². The van der Waals surface area contributed by atoms with E-state index in [0.29, 0.717) is 5.69 Å². The molecule has 0 radical (unpaired) electrons. The SMILES string of the molecule is O=C(O)CC(NC(=O)c1cc(O)n(-c2ccccc2)n1)c1cccc(C(F)(F)F)c1. The molecule has 0 spiro atoms. The van der Waals surface area contributed by atoms with Crippen molar-refractivity contribution in [3.63, 3.8) is 0 Å². The average Bonchev–Trinajstić information content (AvgIpc) is 3.09. The summed E-state index contributed by atoms with van der Waals surface area (Å²) in [6.45, 7) is 0. The molecule has 7 nitrogen and oxygen atoms in total. The Kier molecular flexibility index (Phi) is 5.77. The molecule has 0 fully saturated rings. The predicted molar refractivity (Wildman–Crippen MR) is 99.1 cm³/mol. The smallest absolute Gasteiger partial charge is 0.416 e. The quantitative estimate of drug-likeness (QED) is 0.567. The highest BCUT2D eigenvalue weighted by Crippen LogP contribution is 2.31. The molecule has 3 N–H and O–H groups in total. The standard InChI is InChI=1S/C20H16F3N3O4/c21-20(22,23)13-6-4-5-12(9-13)15(11-18(28)29)24-19(30)16-10-17(27)26(25-16)14-7-2-1-3-8-14/h1-10,15,27H,11H2,(H,24,30)(H,28,29). The molecule has 1 aromatic heterocycles. The molecule has 0 aliphatic heterocycles. The minimum absolute atomic E-state index is 0.0210. The number of rotatable bonds is 6. The van der Waals surface area contributed by atoms with Crippen molar-refractivity contribution >= 4 is 11.9 Å². The fourth-order valence-electron chi connectivity index (χ4n) is 2.83. The van der Waals surface area contributed by atoms with E-state index >= 15 is 0 Å². The maximum atomic E-state index is 13.0. The van der Waals surface area contributed by atoms with Crippen LogP contribution < -0.4 is 5.32 Å². The number of carboxylic acid groups (broad SMARTS) is 1. The van der Waals surface area contributed by atoms with Crippen LogP contribution in [0.2, 0.25) is 0 Å². The van der Waals surface area contributed by atoms with Gasteiger partial charge in [-0.2, -0.15) is 18.3 Å². The fourth-order valence-corrected chi connectivity index (χ4v) is 2.83. The summed E-state index contributed by atoms with van der Waals surface area (Å²) in [7, 11) is 0. The number of aliphatic carboxylic acids is 1. The number of hydrogen-bond donors (Lipinski definition) is 3. The molecule has 1 atom stereocenters. The van der Waals surface area contributed by atoms with E-state index in [-0.39, 0.29) is 17.1 Å². The van der Waals surface area contributed by atoms with Crippen LogP contribution in [0.5, 0.6) is 5.88 Å². The van der Waals surface area contributed by atoms with E-state index in [1.54, 1.807) is 30.3 Å². The zero-order chi connectivity index (χ0) is 21.9. The first kappa shape index (κ1) is 20.9. The van der Waals surface area contributed by atoms with Crippen molar-refractivity contribution < 1.29 is 33.0 Å². The van der Waals surface area contributed by atoms with Gasteiger partial charge in [0.1, 0.15) is 0 Å². The topological polar surface area (TPSA) is 104 Å². The number of para-hydroxylation sites is 1. The lowest BCUT2D eigenvalue weighted by Gasteiger charge is -2.18. The molecule has 0 saturated carbocycles. The molecular weight excluding hydrogens is 403 g/mol. The third-order valence-electron chi connectivity index (χ3n) is 4.22. The highest BCUT2D eigenvalue weighted by molar-refractivity contribution is 5.93. The van der Waals surface area contributed by atoms with E-state index in [2.05, 4.69) is 10.4 Å². The third-order valence-corrected chi connectivity index (χ3v) is 4.22. The number of amides is 1. The van der Waals surface area contributed by atoms with Crippen LogP contribution in [-0.2, 0) is 11.0 Å². The summed E-state index contributed by atoms with van der Waals surface area (Å²) < 4.78 is 40.1. The van der Waals surface area contributed by atoms with Gasteiger partial charge >= 0.3 is 12.1 Å². The Balaban J connectivity index is 1.88. The highest BCUT2D eigenvalue weighted by Gasteiger charge is 2.31. The van der Waals surface area contributed by atoms with Gasteiger partial charge in [0.2, 0.25) is 5.88 Å². The van der Waals surface area contributed by atoms with Crippen LogP contribution in [-0.4, -0.2) is 31.9 Å². The molecule has 3 aromatic rings. The molecule has 1 amide bonds. The first-order valence-corrected chi connectivity index (χ1v) is 8.69. The summed E-state index contributed by atoms with van der Waals surface area (Å²) in [6.07, 6.45) is -5.26. The summed E-state index contributed by atoms with van der Waals surface area (Å²) in [6, 6.07) is 12.3. The van der Waals surface area contributed by atoms with Crippen molar-refractivity contribution in [3.05, 3.63) is 77.5 Å². The normalized spacial score (nSPS) is 12.4. The summed E-state index contributed by atoms with van der Waals surface area (Å²) in [5.41, 5.74) is -0.726. The van der Waals surface area contributed by atoms with Gasteiger partial charge in [-0.3, -0.25) is 9.59 Å². The monoisotopic (exact) mass is 419 g/mol. The molecule has 10 heteroatoms. The minimum Gasteiger partial charge on any atom is -0.493 e. The second kappa shape index (κ2) is 8.27.